The number of carboxylic acid groups (broad SMARTS) is 1. The first-order chi connectivity index (χ1) is 9.04. The fraction of sp³-hybridized carbons (Fsp3) is 0.286. The topological polar surface area (TPSA) is 69.6 Å². The summed E-state index contributed by atoms with van der Waals surface area (Å²) in [5, 5.41) is 11.4. The van der Waals surface area contributed by atoms with Gasteiger partial charge in [-0.2, -0.15) is 0 Å². The number of nitrogens with zero attached hydrogens (tertiary/aromatic N) is 1. The number of rotatable bonds is 6. The maximum atomic E-state index is 11.9. The molecule has 1 aromatic rings. The van der Waals surface area contributed by atoms with Crippen molar-refractivity contribution in [1.29, 1.82) is 0 Å². The van der Waals surface area contributed by atoms with Crippen LogP contribution >= 0.6 is 0 Å². The Hall–Kier alpha value is -2.30. The van der Waals surface area contributed by atoms with E-state index in [4.69, 9.17) is 5.11 Å². The molecule has 102 valence electrons. The van der Waals surface area contributed by atoms with Crippen molar-refractivity contribution in [1.82, 2.24) is 10.2 Å². The van der Waals surface area contributed by atoms with Crippen LogP contribution in [0.1, 0.15) is 11.1 Å². The van der Waals surface area contributed by atoms with Gasteiger partial charge in [-0.3, -0.25) is 4.79 Å². The zero-order chi connectivity index (χ0) is 14.3. The Labute approximate surface area is 112 Å². The number of hydrogen-bond acceptors (Lipinski definition) is 2. The first-order valence-electron chi connectivity index (χ1n) is 5.94. The molecule has 1 rings (SSSR count). The van der Waals surface area contributed by atoms with E-state index < -0.39 is 12.0 Å². The summed E-state index contributed by atoms with van der Waals surface area (Å²) in [6.07, 6.45) is 1.50. The van der Waals surface area contributed by atoms with Crippen LogP contribution in [-0.4, -0.2) is 35.1 Å². The Kier molecular flexibility index (Phi) is 5.60. The molecule has 2 N–H and O–H groups in total. The molecule has 0 bridgehead atoms. The molecular weight excluding hydrogens is 244 g/mol. The molecule has 0 atom stereocenters. The van der Waals surface area contributed by atoms with E-state index in [-0.39, 0.29) is 13.1 Å². The van der Waals surface area contributed by atoms with Crippen LogP contribution in [0.2, 0.25) is 0 Å². The number of carbonyl (C=O) groups excluding carboxylic acids is 1. The first-order valence-corrected chi connectivity index (χ1v) is 5.94. The zero-order valence-electron chi connectivity index (χ0n) is 10.9. The maximum absolute atomic E-state index is 11.9. The van der Waals surface area contributed by atoms with E-state index in [2.05, 4.69) is 11.9 Å². The number of benzene rings is 1. The molecule has 0 saturated heterocycles. The van der Waals surface area contributed by atoms with Gasteiger partial charge in [0.05, 0.1) is 0 Å². The summed E-state index contributed by atoms with van der Waals surface area (Å²) in [4.78, 5) is 23.7. The Bertz CT molecular complexity index is 472. The van der Waals surface area contributed by atoms with Crippen LogP contribution in [-0.2, 0) is 11.3 Å². The molecule has 0 fully saturated rings. The number of carbonyl (C=O) groups is 2. The normalized spacial score (nSPS) is 9.74. The van der Waals surface area contributed by atoms with Crippen LogP contribution in [0.15, 0.2) is 36.9 Å². The predicted octanol–water partition coefficient (Wildman–Crippen LogP) is 1.78. The van der Waals surface area contributed by atoms with Crippen LogP contribution in [0.25, 0.3) is 0 Å². The van der Waals surface area contributed by atoms with Gasteiger partial charge in [0.1, 0.15) is 6.54 Å². The Morgan fingerprint density at radius 3 is 2.68 bits per heavy atom. The quantitative estimate of drug-likeness (QED) is 0.768. The largest absolute Gasteiger partial charge is 0.480 e. The second kappa shape index (κ2) is 7.20. The minimum absolute atomic E-state index is 0.200. The lowest BCUT2D eigenvalue weighted by Crippen LogP contribution is -2.42. The number of urea groups is 1. The van der Waals surface area contributed by atoms with Crippen molar-refractivity contribution in [3.63, 3.8) is 0 Å². The molecule has 0 unspecified atom stereocenters. The number of carboxylic acids is 1. The van der Waals surface area contributed by atoms with Gasteiger partial charge in [-0.15, -0.1) is 6.58 Å². The van der Waals surface area contributed by atoms with Crippen molar-refractivity contribution in [2.75, 3.05) is 13.1 Å². The highest BCUT2D eigenvalue weighted by molar-refractivity contribution is 5.80. The number of nitrogens with one attached hydrogen (secondary N) is 1. The van der Waals surface area contributed by atoms with Crippen LogP contribution < -0.4 is 5.32 Å². The van der Waals surface area contributed by atoms with E-state index in [9.17, 15) is 9.59 Å². The molecule has 0 aliphatic carbocycles. The van der Waals surface area contributed by atoms with Gasteiger partial charge >= 0.3 is 12.0 Å². The summed E-state index contributed by atoms with van der Waals surface area (Å²) in [6.45, 7) is 5.70. The van der Waals surface area contributed by atoms with Gasteiger partial charge in [0.15, 0.2) is 0 Å². The summed E-state index contributed by atoms with van der Waals surface area (Å²) in [6, 6.07) is 7.29. The van der Waals surface area contributed by atoms with Gasteiger partial charge in [-0.1, -0.05) is 30.3 Å². The van der Waals surface area contributed by atoms with Crippen molar-refractivity contribution >= 4 is 12.0 Å². The highest BCUT2D eigenvalue weighted by Gasteiger charge is 2.14. The van der Waals surface area contributed by atoms with E-state index in [1.54, 1.807) is 0 Å². The molecule has 19 heavy (non-hydrogen) atoms. The number of aryl methyl sites for hydroxylation is 1. The van der Waals surface area contributed by atoms with Gasteiger partial charge in [0, 0.05) is 13.1 Å². The lowest BCUT2D eigenvalue weighted by Gasteiger charge is -2.19. The molecule has 0 aliphatic heterocycles. The van der Waals surface area contributed by atoms with Crippen molar-refractivity contribution in [3.8, 4) is 0 Å². The summed E-state index contributed by atoms with van der Waals surface area (Å²) in [7, 11) is 0. The number of amides is 2. The van der Waals surface area contributed by atoms with Gasteiger partial charge in [0.2, 0.25) is 0 Å². The monoisotopic (exact) mass is 262 g/mol. The molecule has 0 saturated carbocycles. The SMILES string of the molecule is C=CCN(CC(=O)O)C(=O)NCc1ccccc1C. The molecule has 1 aromatic carbocycles. The lowest BCUT2D eigenvalue weighted by molar-refractivity contribution is -0.137. The predicted molar refractivity (Wildman–Crippen MR) is 72.8 cm³/mol. The average molecular weight is 262 g/mol. The van der Waals surface area contributed by atoms with Gasteiger partial charge in [0.25, 0.3) is 0 Å². The van der Waals surface area contributed by atoms with Crippen molar-refractivity contribution in [2.24, 2.45) is 0 Å². The van der Waals surface area contributed by atoms with Crippen molar-refractivity contribution < 1.29 is 14.7 Å². The number of hydrogen-bond donors (Lipinski definition) is 2. The smallest absolute Gasteiger partial charge is 0.323 e. The first kappa shape index (κ1) is 14.8. The highest BCUT2D eigenvalue weighted by atomic mass is 16.4. The molecule has 0 aromatic heterocycles. The molecule has 0 heterocycles. The van der Waals surface area contributed by atoms with Crippen molar-refractivity contribution in [2.45, 2.75) is 13.5 Å². The second-order valence-electron chi connectivity index (χ2n) is 4.15. The molecule has 0 radical (unpaired) electrons. The second-order valence-corrected chi connectivity index (χ2v) is 4.15. The summed E-state index contributed by atoms with van der Waals surface area (Å²) < 4.78 is 0. The Morgan fingerprint density at radius 1 is 1.42 bits per heavy atom. The van der Waals surface area contributed by atoms with Gasteiger partial charge < -0.3 is 15.3 Å². The summed E-state index contributed by atoms with van der Waals surface area (Å²) in [5.41, 5.74) is 2.08. The minimum atomic E-state index is -1.05. The van der Waals surface area contributed by atoms with Crippen LogP contribution in [0, 0.1) is 6.92 Å². The van der Waals surface area contributed by atoms with Gasteiger partial charge in [-0.25, -0.2) is 4.79 Å². The Balaban J connectivity index is 2.59. The number of aliphatic carboxylic acids is 1. The van der Waals surface area contributed by atoms with E-state index >= 15 is 0 Å². The molecule has 2 amide bonds. The maximum Gasteiger partial charge on any atom is 0.323 e. The van der Waals surface area contributed by atoms with Crippen LogP contribution in [0.3, 0.4) is 0 Å². The summed E-state index contributed by atoms with van der Waals surface area (Å²) in [5.74, 6) is -1.05. The van der Waals surface area contributed by atoms with Crippen molar-refractivity contribution in [3.05, 3.63) is 48.0 Å². The van der Waals surface area contributed by atoms with E-state index in [1.165, 1.54) is 11.0 Å². The zero-order valence-corrected chi connectivity index (χ0v) is 10.9. The molecular formula is C14H18N2O3. The Morgan fingerprint density at radius 2 is 2.11 bits per heavy atom. The fourth-order valence-electron chi connectivity index (χ4n) is 1.63. The standard InChI is InChI=1S/C14H18N2O3/c1-3-8-16(10-13(17)18)14(19)15-9-12-7-5-4-6-11(12)2/h3-7H,1,8-10H2,2H3,(H,15,19)(H,17,18). The third-order valence-corrected chi connectivity index (χ3v) is 2.65. The van der Waals surface area contributed by atoms with E-state index in [1.807, 2.05) is 31.2 Å². The van der Waals surface area contributed by atoms with E-state index in [0.29, 0.717) is 6.54 Å². The fourth-order valence-corrected chi connectivity index (χ4v) is 1.63. The molecule has 5 heteroatoms. The lowest BCUT2D eigenvalue weighted by atomic mass is 10.1. The summed E-state index contributed by atoms with van der Waals surface area (Å²) >= 11 is 0. The third kappa shape index (κ3) is 4.83. The molecule has 0 spiro atoms. The third-order valence-electron chi connectivity index (χ3n) is 2.65. The molecule has 5 nitrogen and oxygen atoms in total. The highest BCUT2D eigenvalue weighted by Crippen LogP contribution is 2.06. The minimum Gasteiger partial charge on any atom is -0.480 e. The molecule has 0 aliphatic rings. The average Bonchev–Trinajstić information content (AvgIpc) is 2.36. The van der Waals surface area contributed by atoms with Crippen LogP contribution in [0.4, 0.5) is 4.79 Å². The van der Waals surface area contributed by atoms with Gasteiger partial charge in [-0.05, 0) is 18.1 Å². The van der Waals surface area contributed by atoms with Crippen LogP contribution in [0.5, 0.6) is 0 Å². The van der Waals surface area contributed by atoms with E-state index in [0.717, 1.165) is 11.1 Å².